The molecule has 1 amide bonds. The van der Waals surface area contributed by atoms with E-state index in [9.17, 15) is 4.79 Å². The molecule has 0 spiro atoms. The van der Waals surface area contributed by atoms with Crippen LogP contribution in [-0.4, -0.2) is 22.3 Å². The van der Waals surface area contributed by atoms with Gasteiger partial charge in [-0.1, -0.05) is 22.9 Å². The van der Waals surface area contributed by atoms with Gasteiger partial charge in [0.05, 0.1) is 0 Å². The van der Waals surface area contributed by atoms with Crippen LogP contribution in [0.4, 0.5) is 5.82 Å². The lowest BCUT2D eigenvalue weighted by molar-refractivity contribution is -0.117. The molecule has 0 aliphatic carbocycles. The van der Waals surface area contributed by atoms with Gasteiger partial charge in [-0.25, -0.2) is 4.98 Å². The van der Waals surface area contributed by atoms with Crippen LogP contribution < -0.4 is 4.90 Å². The van der Waals surface area contributed by atoms with Gasteiger partial charge in [0.2, 0.25) is 5.91 Å². The van der Waals surface area contributed by atoms with Gasteiger partial charge in [-0.15, -0.1) is 0 Å². The number of hydrogen-bond donors (Lipinski definition) is 0. The molecule has 0 radical (unpaired) electrons. The summed E-state index contributed by atoms with van der Waals surface area (Å²) in [5.41, 5.74) is 1.21. The highest BCUT2D eigenvalue weighted by atomic mass is 79.9. The minimum Gasteiger partial charge on any atom is -0.296 e. The first kappa shape index (κ1) is 10.6. The molecule has 1 aliphatic heterocycles. The SMILES string of the molecule is CCc1ccnc(N2CC(Br)CC2=O)c1. The first-order chi connectivity index (χ1) is 7.20. The number of rotatable bonds is 2. The van der Waals surface area contributed by atoms with E-state index < -0.39 is 0 Å². The largest absolute Gasteiger partial charge is 0.296 e. The van der Waals surface area contributed by atoms with Gasteiger partial charge in [-0.2, -0.15) is 0 Å². The Kier molecular flexibility index (Phi) is 3.05. The number of halogens is 1. The molecule has 3 nitrogen and oxygen atoms in total. The standard InChI is InChI=1S/C11H13BrN2O/c1-2-8-3-4-13-10(5-8)14-7-9(12)6-11(14)15/h3-5,9H,2,6-7H2,1H3. The molecule has 0 bridgehead atoms. The summed E-state index contributed by atoms with van der Waals surface area (Å²) in [5.74, 6) is 0.930. The Morgan fingerprint density at radius 1 is 1.67 bits per heavy atom. The van der Waals surface area contributed by atoms with Crippen LogP contribution in [0, 0.1) is 0 Å². The van der Waals surface area contributed by atoms with Gasteiger partial charge in [0.1, 0.15) is 5.82 Å². The number of pyridine rings is 1. The Bertz CT molecular complexity index is 381. The van der Waals surface area contributed by atoms with E-state index in [1.165, 1.54) is 5.56 Å². The summed E-state index contributed by atoms with van der Waals surface area (Å²) in [7, 11) is 0. The number of aryl methyl sites for hydroxylation is 1. The van der Waals surface area contributed by atoms with Gasteiger partial charge >= 0.3 is 0 Å². The fraction of sp³-hybridized carbons (Fsp3) is 0.455. The molecule has 0 N–H and O–H groups in total. The second-order valence-electron chi connectivity index (χ2n) is 3.68. The molecule has 0 saturated carbocycles. The van der Waals surface area contributed by atoms with Gasteiger partial charge in [-0.05, 0) is 24.1 Å². The second-order valence-corrected chi connectivity index (χ2v) is 4.98. The summed E-state index contributed by atoms with van der Waals surface area (Å²) < 4.78 is 0. The van der Waals surface area contributed by atoms with Crippen LogP contribution in [0.25, 0.3) is 0 Å². The third kappa shape index (κ3) is 2.20. The molecule has 1 fully saturated rings. The van der Waals surface area contributed by atoms with E-state index in [0.29, 0.717) is 6.42 Å². The van der Waals surface area contributed by atoms with Crippen molar-refractivity contribution in [2.24, 2.45) is 0 Å². The molecule has 1 unspecified atom stereocenters. The molecule has 2 rings (SSSR count). The minimum atomic E-state index is 0.151. The van der Waals surface area contributed by atoms with Crippen molar-refractivity contribution < 1.29 is 4.79 Å². The van der Waals surface area contributed by atoms with Crippen molar-refractivity contribution in [3.05, 3.63) is 23.9 Å². The molecule has 80 valence electrons. The van der Waals surface area contributed by atoms with Gasteiger partial charge in [0, 0.05) is 24.0 Å². The van der Waals surface area contributed by atoms with Gasteiger partial charge in [0.15, 0.2) is 0 Å². The van der Waals surface area contributed by atoms with Crippen molar-refractivity contribution in [2.75, 3.05) is 11.4 Å². The Morgan fingerprint density at radius 3 is 3.07 bits per heavy atom. The molecule has 1 aliphatic rings. The van der Waals surface area contributed by atoms with Crippen LogP contribution in [0.3, 0.4) is 0 Å². The first-order valence-electron chi connectivity index (χ1n) is 5.10. The number of hydrogen-bond acceptors (Lipinski definition) is 2. The van der Waals surface area contributed by atoms with Crippen molar-refractivity contribution in [3.63, 3.8) is 0 Å². The Balaban J connectivity index is 2.25. The van der Waals surface area contributed by atoms with Gasteiger partial charge < -0.3 is 0 Å². The Morgan fingerprint density at radius 2 is 2.47 bits per heavy atom. The maximum Gasteiger partial charge on any atom is 0.229 e. The van der Waals surface area contributed by atoms with E-state index in [-0.39, 0.29) is 10.7 Å². The highest BCUT2D eigenvalue weighted by Crippen LogP contribution is 2.23. The Hall–Kier alpha value is -0.900. The fourth-order valence-electron chi connectivity index (χ4n) is 1.71. The normalized spacial score (nSPS) is 21.1. The third-order valence-corrected chi connectivity index (χ3v) is 3.19. The smallest absolute Gasteiger partial charge is 0.229 e. The zero-order chi connectivity index (χ0) is 10.8. The van der Waals surface area contributed by atoms with Crippen molar-refractivity contribution in [1.82, 2.24) is 4.98 Å². The molecular formula is C11H13BrN2O. The Labute approximate surface area is 97.6 Å². The number of carbonyl (C=O) groups is 1. The molecule has 1 aromatic heterocycles. The molecule has 4 heteroatoms. The second kappa shape index (κ2) is 4.31. The summed E-state index contributed by atoms with van der Waals surface area (Å²) in [4.78, 5) is 17.9. The van der Waals surface area contributed by atoms with Crippen LogP contribution in [-0.2, 0) is 11.2 Å². The van der Waals surface area contributed by atoms with E-state index in [2.05, 4.69) is 27.8 Å². The van der Waals surface area contributed by atoms with Crippen molar-refractivity contribution in [1.29, 1.82) is 0 Å². The number of nitrogens with zero attached hydrogens (tertiary/aromatic N) is 2. The average Bonchev–Trinajstić information content (AvgIpc) is 2.58. The maximum absolute atomic E-state index is 11.6. The van der Waals surface area contributed by atoms with Crippen LogP contribution in [0.2, 0.25) is 0 Å². The van der Waals surface area contributed by atoms with Crippen LogP contribution in [0.1, 0.15) is 18.9 Å². The number of alkyl halides is 1. The summed E-state index contributed by atoms with van der Waals surface area (Å²) >= 11 is 3.46. The molecule has 1 atom stereocenters. The molecule has 1 saturated heterocycles. The van der Waals surface area contributed by atoms with E-state index in [0.717, 1.165) is 18.8 Å². The van der Waals surface area contributed by atoms with E-state index in [1.807, 2.05) is 12.1 Å². The highest BCUT2D eigenvalue weighted by Gasteiger charge is 2.29. The lowest BCUT2D eigenvalue weighted by Crippen LogP contribution is -2.25. The number of anilines is 1. The number of carbonyl (C=O) groups excluding carboxylic acids is 1. The quantitative estimate of drug-likeness (QED) is 0.771. The van der Waals surface area contributed by atoms with E-state index >= 15 is 0 Å². The van der Waals surface area contributed by atoms with Crippen LogP contribution >= 0.6 is 15.9 Å². The van der Waals surface area contributed by atoms with Crippen LogP contribution in [0.5, 0.6) is 0 Å². The van der Waals surface area contributed by atoms with Crippen molar-refractivity contribution in [2.45, 2.75) is 24.6 Å². The average molecular weight is 269 g/mol. The van der Waals surface area contributed by atoms with Crippen molar-refractivity contribution >= 4 is 27.7 Å². The molecule has 0 aromatic carbocycles. The molecular weight excluding hydrogens is 256 g/mol. The van der Waals surface area contributed by atoms with Crippen LogP contribution in [0.15, 0.2) is 18.3 Å². The monoisotopic (exact) mass is 268 g/mol. The van der Waals surface area contributed by atoms with Gasteiger partial charge in [0.25, 0.3) is 0 Å². The summed E-state index contributed by atoms with van der Waals surface area (Å²) in [6, 6.07) is 3.97. The summed E-state index contributed by atoms with van der Waals surface area (Å²) in [6.45, 7) is 2.82. The van der Waals surface area contributed by atoms with E-state index in [1.54, 1.807) is 11.1 Å². The minimum absolute atomic E-state index is 0.151. The molecule has 15 heavy (non-hydrogen) atoms. The summed E-state index contributed by atoms with van der Waals surface area (Å²) in [6.07, 6.45) is 3.30. The maximum atomic E-state index is 11.6. The zero-order valence-electron chi connectivity index (χ0n) is 8.61. The zero-order valence-corrected chi connectivity index (χ0v) is 10.2. The van der Waals surface area contributed by atoms with Crippen molar-refractivity contribution in [3.8, 4) is 0 Å². The summed E-state index contributed by atoms with van der Waals surface area (Å²) in [5, 5.41) is 0. The lowest BCUT2D eigenvalue weighted by atomic mass is 10.2. The topological polar surface area (TPSA) is 33.2 Å². The van der Waals surface area contributed by atoms with Gasteiger partial charge in [-0.3, -0.25) is 9.69 Å². The highest BCUT2D eigenvalue weighted by molar-refractivity contribution is 9.09. The third-order valence-electron chi connectivity index (χ3n) is 2.57. The fourth-order valence-corrected chi connectivity index (χ4v) is 2.28. The number of aromatic nitrogens is 1. The lowest BCUT2D eigenvalue weighted by Gasteiger charge is -2.15. The molecule has 1 aromatic rings. The predicted octanol–water partition coefficient (Wildman–Crippen LogP) is 2.14. The number of amides is 1. The first-order valence-corrected chi connectivity index (χ1v) is 6.01. The molecule has 2 heterocycles. The predicted molar refractivity (Wildman–Crippen MR) is 63.3 cm³/mol. The van der Waals surface area contributed by atoms with E-state index in [4.69, 9.17) is 0 Å².